The molecule has 0 heterocycles. The van der Waals surface area contributed by atoms with Crippen LogP contribution >= 0.6 is 0 Å². The molecule has 3 unspecified atom stereocenters. The minimum atomic E-state index is -0.932. The maximum atomic E-state index is 12.8. The normalized spacial score (nSPS) is 19.7. The number of rotatable bonds is 9. The molecule has 0 saturated heterocycles. The van der Waals surface area contributed by atoms with E-state index in [-0.39, 0.29) is 36.8 Å². The summed E-state index contributed by atoms with van der Waals surface area (Å²) in [7, 11) is 0. The van der Waals surface area contributed by atoms with Gasteiger partial charge in [0.1, 0.15) is 6.61 Å². The monoisotopic (exact) mass is 464 g/mol. The standard InChI is InChI=1S/C27H32N2O5/c1-2-8-17(15-25(30)31)28-26(32)22-13-7-14-24(22)29-27(33)34-16-23-20-11-5-3-9-18(20)19-10-4-6-12-21(19)23/h3-6,9-12,17,22-24H,2,7-8,13-16H2,1H3,(H,28,32)(H,29,33)(H,30,31). The molecular formula is C27H32N2O5. The summed E-state index contributed by atoms with van der Waals surface area (Å²) >= 11 is 0. The quantitative estimate of drug-likeness (QED) is 0.508. The van der Waals surface area contributed by atoms with E-state index in [4.69, 9.17) is 9.84 Å². The van der Waals surface area contributed by atoms with Crippen molar-refractivity contribution < 1.29 is 24.2 Å². The van der Waals surface area contributed by atoms with Crippen LogP contribution in [0.2, 0.25) is 0 Å². The molecule has 3 atom stereocenters. The summed E-state index contributed by atoms with van der Waals surface area (Å²) in [6.45, 7) is 2.18. The zero-order valence-corrected chi connectivity index (χ0v) is 19.5. The van der Waals surface area contributed by atoms with E-state index in [0.717, 1.165) is 24.0 Å². The van der Waals surface area contributed by atoms with Gasteiger partial charge in [-0.15, -0.1) is 0 Å². The smallest absolute Gasteiger partial charge is 0.407 e. The van der Waals surface area contributed by atoms with E-state index < -0.39 is 18.1 Å². The molecule has 4 rings (SSSR count). The van der Waals surface area contributed by atoms with Crippen LogP contribution in [-0.2, 0) is 14.3 Å². The van der Waals surface area contributed by atoms with E-state index in [0.29, 0.717) is 19.3 Å². The molecule has 7 heteroatoms. The Hall–Kier alpha value is -3.35. The fourth-order valence-corrected chi connectivity index (χ4v) is 5.33. The first-order chi connectivity index (χ1) is 16.5. The van der Waals surface area contributed by atoms with Gasteiger partial charge in [-0.25, -0.2) is 4.79 Å². The Morgan fingerprint density at radius 1 is 1.03 bits per heavy atom. The summed E-state index contributed by atoms with van der Waals surface area (Å²) < 4.78 is 5.64. The second-order valence-corrected chi connectivity index (χ2v) is 9.21. The highest BCUT2D eigenvalue weighted by molar-refractivity contribution is 5.82. The van der Waals surface area contributed by atoms with Crippen molar-refractivity contribution in [2.45, 2.75) is 63.5 Å². The molecule has 1 saturated carbocycles. The number of alkyl carbamates (subject to hydrolysis) is 1. The van der Waals surface area contributed by atoms with Gasteiger partial charge in [-0.05, 0) is 41.5 Å². The van der Waals surface area contributed by atoms with Gasteiger partial charge >= 0.3 is 12.1 Å². The number of carboxylic acid groups (broad SMARTS) is 1. The molecule has 3 N–H and O–H groups in total. The number of hydrogen-bond donors (Lipinski definition) is 3. The molecule has 2 aromatic carbocycles. The highest BCUT2D eigenvalue weighted by Crippen LogP contribution is 2.44. The Kier molecular flexibility index (Phi) is 7.50. The lowest BCUT2D eigenvalue weighted by Gasteiger charge is -2.24. The molecule has 0 radical (unpaired) electrons. The maximum absolute atomic E-state index is 12.8. The molecule has 0 spiro atoms. The van der Waals surface area contributed by atoms with Crippen molar-refractivity contribution in [3.63, 3.8) is 0 Å². The predicted octanol–water partition coefficient (Wildman–Crippen LogP) is 4.45. The Balaban J connectivity index is 1.35. The van der Waals surface area contributed by atoms with Crippen molar-refractivity contribution in [1.29, 1.82) is 0 Å². The number of benzene rings is 2. The van der Waals surface area contributed by atoms with Gasteiger partial charge in [-0.2, -0.15) is 0 Å². The van der Waals surface area contributed by atoms with Gasteiger partial charge in [0.25, 0.3) is 0 Å². The van der Waals surface area contributed by atoms with Crippen molar-refractivity contribution in [2.24, 2.45) is 5.92 Å². The number of ether oxygens (including phenoxy) is 1. The van der Waals surface area contributed by atoms with Crippen LogP contribution in [0, 0.1) is 5.92 Å². The Bertz CT molecular complexity index is 1010. The van der Waals surface area contributed by atoms with Crippen LogP contribution in [0.3, 0.4) is 0 Å². The van der Waals surface area contributed by atoms with E-state index in [1.807, 2.05) is 31.2 Å². The van der Waals surface area contributed by atoms with Gasteiger partial charge in [-0.1, -0.05) is 68.3 Å². The van der Waals surface area contributed by atoms with Crippen LogP contribution in [0.1, 0.15) is 62.5 Å². The predicted molar refractivity (Wildman–Crippen MR) is 128 cm³/mol. The maximum Gasteiger partial charge on any atom is 0.407 e. The molecule has 2 aliphatic carbocycles. The number of carbonyl (C=O) groups excluding carboxylic acids is 2. The van der Waals surface area contributed by atoms with Crippen LogP contribution in [0.15, 0.2) is 48.5 Å². The lowest BCUT2D eigenvalue weighted by Crippen LogP contribution is -2.47. The van der Waals surface area contributed by atoms with Crippen LogP contribution < -0.4 is 10.6 Å². The largest absolute Gasteiger partial charge is 0.481 e. The van der Waals surface area contributed by atoms with Crippen LogP contribution in [0.4, 0.5) is 4.79 Å². The first-order valence-electron chi connectivity index (χ1n) is 12.1. The second-order valence-electron chi connectivity index (χ2n) is 9.21. The minimum absolute atomic E-state index is 0.0216. The number of nitrogens with one attached hydrogen (secondary N) is 2. The molecule has 0 bridgehead atoms. The van der Waals surface area contributed by atoms with Crippen LogP contribution in [0.5, 0.6) is 0 Å². The molecular weight excluding hydrogens is 432 g/mol. The SMILES string of the molecule is CCCC(CC(=O)O)NC(=O)C1CCCC1NC(=O)OCC1c2ccccc2-c2ccccc21. The number of carboxylic acids is 1. The molecule has 180 valence electrons. The summed E-state index contributed by atoms with van der Waals surface area (Å²) in [4.78, 5) is 36.6. The second kappa shape index (κ2) is 10.7. The first-order valence-corrected chi connectivity index (χ1v) is 12.1. The van der Waals surface area contributed by atoms with E-state index in [1.54, 1.807) is 0 Å². The zero-order valence-electron chi connectivity index (χ0n) is 19.5. The molecule has 0 aromatic heterocycles. The minimum Gasteiger partial charge on any atom is -0.481 e. The van der Waals surface area contributed by atoms with Gasteiger partial charge in [0.15, 0.2) is 0 Å². The topological polar surface area (TPSA) is 105 Å². The highest BCUT2D eigenvalue weighted by Gasteiger charge is 2.36. The van der Waals surface area contributed by atoms with Crippen molar-refractivity contribution >= 4 is 18.0 Å². The van der Waals surface area contributed by atoms with Gasteiger partial charge in [0, 0.05) is 18.0 Å². The van der Waals surface area contributed by atoms with Gasteiger partial charge in [-0.3, -0.25) is 9.59 Å². The summed E-state index contributed by atoms with van der Waals surface area (Å²) in [6.07, 6.45) is 2.94. The third kappa shape index (κ3) is 5.24. The summed E-state index contributed by atoms with van der Waals surface area (Å²) in [6, 6.07) is 15.6. The van der Waals surface area contributed by atoms with E-state index in [1.165, 1.54) is 11.1 Å². The Morgan fingerprint density at radius 3 is 2.29 bits per heavy atom. The van der Waals surface area contributed by atoms with Crippen LogP contribution in [0.25, 0.3) is 11.1 Å². The van der Waals surface area contributed by atoms with E-state index >= 15 is 0 Å². The molecule has 1 fully saturated rings. The molecule has 2 amide bonds. The average Bonchev–Trinajstić information content (AvgIpc) is 3.40. The number of aliphatic carboxylic acids is 1. The number of carbonyl (C=O) groups is 3. The van der Waals surface area contributed by atoms with Crippen molar-refractivity contribution in [3.05, 3.63) is 59.7 Å². The van der Waals surface area contributed by atoms with Crippen LogP contribution in [-0.4, -0.2) is 41.8 Å². The van der Waals surface area contributed by atoms with Crippen molar-refractivity contribution in [1.82, 2.24) is 10.6 Å². The Labute approximate surface area is 199 Å². The number of amides is 2. The van der Waals surface area contributed by atoms with Crippen molar-refractivity contribution in [2.75, 3.05) is 6.61 Å². The fraction of sp³-hybridized carbons (Fsp3) is 0.444. The third-order valence-corrected chi connectivity index (χ3v) is 6.90. The third-order valence-electron chi connectivity index (χ3n) is 6.90. The lowest BCUT2D eigenvalue weighted by atomic mass is 9.98. The number of hydrogen-bond acceptors (Lipinski definition) is 4. The summed E-state index contributed by atoms with van der Waals surface area (Å²) in [5, 5.41) is 14.9. The molecule has 7 nitrogen and oxygen atoms in total. The average molecular weight is 465 g/mol. The van der Waals surface area contributed by atoms with E-state index in [9.17, 15) is 14.4 Å². The van der Waals surface area contributed by atoms with Gasteiger partial charge in [0.2, 0.25) is 5.91 Å². The molecule has 2 aliphatic rings. The molecule has 2 aromatic rings. The fourth-order valence-electron chi connectivity index (χ4n) is 5.33. The van der Waals surface area contributed by atoms with Crippen molar-refractivity contribution in [3.8, 4) is 11.1 Å². The van der Waals surface area contributed by atoms with Gasteiger partial charge < -0.3 is 20.5 Å². The first kappa shape index (κ1) is 23.8. The Morgan fingerprint density at radius 2 is 1.68 bits per heavy atom. The summed E-state index contributed by atoms with van der Waals surface area (Å²) in [5.74, 6) is -1.53. The zero-order chi connectivity index (χ0) is 24.1. The molecule has 34 heavy (non-hydrogen) atoms. The summed E-state index contributed by atoms with van der Waals surface area (Å²) in [5.41, 5.74) is 4.63. The molecule has 0 aliphatic heterocycles. The van der Waals surface area contributed by atoms with E-state index in [2.05, 4.69) is 34.9 Å². The highest BCUT2D eigenvalue weighted by atomic mass is 16.5. The van der Waals surface area contributed by atoms with Gasteiger partial charge in [0.05, 0.1) is 12.3 Å². The lowest BCUT2D eigenvalue weighted by molar-refractivity contribution is -0.137. The number of fused-ring (bicyclic) bond motifs is 3.